The van der Waals surface area contributed by atoms with Gasteiger partial charge in [0.05, 0.1) is 0 Å². The number of phenols is 2. The van der Waals surface area contributed by atoms with Gasteiger partial charge in [-0.2, -0.15) is 0 Å². The fourth-order valence-electron chi connectivity index (χ4n) is 3.30. The molecule has 0 aliphatic heterocycles. The SMILES string of the molecule is CCC1=C(c2ccc(O)cc2F)CCCc2cc(O)ccc21. The van der Waals surface area contributed by atoms with Crippen LogP contribution in [0.3, 0.4) is 0 Å². The highest BCUT2D eigenvalue weighted by Gasteiger charge is 2.19. The molecule has 0 heterocycles. The van der Waals surface area contributed by atoms with Gasteiger partial charge in [0, 0.05) is 11.6 Å². The molecule has 2 aromatic carbocycles. The van der Waals surface area contributed by atoms with E-state index in [4.69, 9.17) is 0 Å². The van der Waals surface area contributed by atoms with Crippen LogP contribution >= 0.6 is 0 Å². The number of allylic oxidation sites excluding steroid dienone is 2. The van der Waals surface area contributed by atoms with E-state index >= 15 is 0 Å². The number of aryl methyl sites for hydroxylation is 1. The molecular weight excluding hydrogens is 279 g/mol. The van der Waals surface area contributed by atoms with Gasteiger partial charge in [0.15, 0.2) is 0 Å². The van der Waals surface area contributed by atoms with Crippen LogP contribution in [0.25, 0.3) is 11.1 Å². The summed E-state index contributed by atoms with van der Waals surface area (Å²) in [5.74, 6) is -0.171. The Morgan fingerprint density at radius 2 is 1.64 bits per heavy atom. The number of rotatable bonds is 2. The largest absolute Gasteiger partial charge is 0.508 e. The Balaban J connectivity index is 2.21. The summed E-state index contributed by atoms with van der Waals surface area (Å²) >= 11 is 0. The quantitative estimate of drug-likeness (QED) is 0.828. The van der Waals surface area contributed by atoms with Gasteiger partial charge in [-0.1, -0.05) is 13.0 Å². The summed E-state index contributed by atoms with van der Waals surface area (Å²) in [7, 11) is 0. The number of hydrogen-bond acceptors (Lipinski definition) is 2. The molecule has 1 aliphatic carbocycles. The Bertz CT molecular complexity index is 747. The highest BCUT2D eigenvalue weighted by Crippen LogP contribution is 2.39. The molecule has 3 heteroatoms. The highest BCUT2D eigenvalue weighted by atomic mass is 19.1. The Hall–Kier alpha value is -2.29. The minimum atomic E-state index is -0.386. The molecule has 0 atom stereocenters. The van der Waals surface area contributed by atoms with Crippen molar-refractivity contribution in [3.05, 3.63) is 58.9 Å². The molecule has 0 radical (unpaired) electrons. The average Bonchev–Trinajstić information content (AvgIpc) is 2.65. The highest BCUT2D eigenvalue weighted by molar-refractivity contribution is 5.92. The molecule has 0 saturated carbocycles. The van der Waals surface area contributed by atoms with Crippen molar-refractivity contribution in [2.75, 3.05) is 0 Å². The van der Waals surface area contributed by atoms with E-state index in [1.54, 1.807) is 18.2 Å². The molecule has 0 fully saturated rings. The summed E-state index contributed by atoms with van der Waals surface area (Å²) in [6.07, 6.45) is 3.37. The number of fused-ring (bicyclic) bond motifs is 1. The fraction of sp³-hybridized carbons (Fsp3) is 0.263. The van der Waals surface area contributed by atoms with Crippen LogP contribution in [0.2, 0.25) is 0 Å². The van der Waals surface area contributed by atoms with Gasteiger partial charge in [-0.15, -0.1) is 0 Å². The smallest absolute Gasteiger partial charge is 0.134 e. The Morgan fingerprint density at radius 1 is 0.955 bits per heavy atom. The Labute approximate surface area is 129 Å². The number of benzene rings is 2. The van der Waals surface area contributed by atoms with Crippen molar-refractivity contribution in [1.29, 1.82) is 0 Å². The van der Waals surface area contributed by atoms with Gasteiger partial charge in [0.2, 0.25) is 0 Å². The summed E-state index contributed by atoms with van der Waals surface area (Å²) < 4.78 is 14.3. The van der Waals surface area contributed by atoms with Crippen molar-refractivity contribution in [3.8, 4) is 11.5 Å². The molecule has 1 aliphatic rings. The molecule has 0 amide bonds. The molecule has 0 aromatic heterocycles. The minimum Gasteiger partial charge on any atom is -0.508 e. The van der Waals surface area contributed by atoms with Crippen LogP contribution in [0, 0.1) is 5.82 Å². The second kappa shape index (κ2) is 5.84. The molecule has 0 spiro atoms. The van der Waals surface area contributed by atoms with Crippen LogP contribution in [0.1, 0.15) is 42.9 Å². The summed E-state index contributed by atoms with van der Waals surface area (Å²) in [6.45, 7) is 2.07. The monoisotopic (exact) mass is 298 g/mol. The Morgan fingerprint density at radius 3 is 2.32 bits per heavy atom. The van der Waals surface area contributed by atoms with E-state index in [1.165, 1.54) is 6.07 Å². The van der Waals surface area contributed by atoms with Gasteiger partial charge < -0.3 is 10.2 Å². The maximum atomic E-state index is 14.3. The van der Waals surface area contributed by atoms with E-state index in [0.717, 1.165) is 54.0 Å². The fourth-order valence-corrected chi connectivity index (χ4v) is 3.30. The lowest BCUT2D eigenvalue weighted by molar-refractivity contribution is 0.468. The third-order valence-corrected chi connectivity index (χ3v) is 4.28. The van der Waals surface area contributed by atoms with Gasteiger partial charge in [-0.05, 0) is 72.2 Å². The first-order valence-electron chi connectivity index (χ1n) is 7.63. The number of phenolic OH excluding ortho intramolecular Hbond substituents is 2. The van der Waals surface area contributed by atoms with E-state index in [2.05, 4.69) is 6.92 Å². The number of aromatic hydroxyl groups is 2. The molecule has 114 valence electrons. The normalized spacial score (nSPS) is 14.6. The predicted octanol–water partition coefficient (Wildman–Crippen LogP) is 4.89. The van der Waals surface area contributed by atoms with Crippen molar-refractivity contribution in [3.63, 3.8) is 0 Å². The molecule has 0 bridgehead atoms. The van der Waals surface area contributed by atoms with Crippen LogP contribution in [0.5, 0.6) is 11.5 Å². The second-order valence-corrected chi connectivity index (χ2v) is 5.67. The maximum absolute atomic E-state index is 14.3. The average molecular weight is 298 g/mol. The summed E-state index contributed by atoms with van der Waals surface area (Å²) in [6, 6.07) is 9.76. The van der Waals surface area contributed by atoms with Gasteiger partial charge >= 0.3 is 0 Å². The topological polar surface area (TPSA) is 40.5 Å². The summed E-state index contributed by atoms with van der Waals surface area (Å²) in [5, 5.41) is 19.1. The van der Waals surface area contributed by atoms with Gasteiger partial charge in [0.1, 0.15) is 17.3 Å². The first-order valence-corrected chi connectivity index (χ1v) is 7.63. The number of halogens is 1. The second-order valence-electron chi connectivity index (χ2n) is 5.67. The zero-order valence-electron chi connectivity index (χ0n) is 12.6. The van der Waals surface area contributed by atoms with Crippen molar-refractivity contribution in [2.24, 2.45) is 0 Å². The summed E-state index contributed by atoms with van der Waals surface area (Å²) in [4.78, 5) is 0. The van der Waals surface area contributed by atoms with Crippen molar-refractivity contribution >= 4 is 11.1 Å². The van der Waals surface area contributed by atoms with Crippen molar-refractivity contribution < 1.29 is 14.6 Å². The lowest BCUT2D eigenvalue weighted by atomic mass is 9.90. The molecule has 0 unspecified atom stereocenters. The standard InChI is InChI=1S/C19H19FO2/c1-2-15-16-8-6-13(21)10-12(16)4-3-5-17(15)18-9-7-14(22)11-19(18)20/h6-11,21-22H,2-5H2,1H3. The maximum Gasteiger partial charge on any atom is 0.134 e. The lowest BCUT2D eigenvalue weighted by Crippen LogP contribution is -1.95. The van der Waals surface area contributed by atoms with E-state index in [0.29, 0.717) is 5.56 Å². The molecule has 2 aromatic rings. The van der Waals surface area contributed by atoms with Crippen LogP contribution in [-0.4, -0.2) is 10.2 Å². The minimum absolute atomic E-state index is 0.0566. The van der Waals surface area contributed by atoms with Crippen LogP contribution in [0.15, 0.2) is 36.4 Å². The Kier molecular flexibility index (Phi) is 3.88. The molecule has 2 nitrogen and oxygen atoms in total. The first kappa shape index (κ1) is 14.6. The third kappa shape index (κ3) is 2.59. The number of hydrogen-bond donors (Lipinski definition) is 2. The molecule has 2 N–H and O–H groups in total. The van der Waals surface area contributed by atoms with Crippen LogP contribution in [0.4, 0.5) is 4.39 Å². The van der Waals surface area contributed by atoms with E-state index in [-0.39, 0.29) is 17.3 Å². The van der Waals surface area contributed by atoms with Crippen LogP contribution in [-0.2, 0) is 6.42 Å². The van der Waals surface area contributed by atoms with Gasteiger partial charge in [-0.3, -0.25) is 0 Å². The van der Waals surface area contributed by atoms with Gasteiger partial charge in [0.25, 0.3) is 0 Å². The van der Waals surface area contributed by atoms with E-state index in [1.807, 2.05) is 6.07 Å². The first-order chi connectivity index (χ1) is 10.6. The molecular formula is C19H19FO2. The molecule has 22 heavy (non-hydrogen) atoms. The van der Waals surface area contributed by atoms with Crippen molar-refractivity contribution in [2.45, 2.75) is 32.6 Å². The zero-order valence-corrected chi connectivity index (χ0v) is 12.6. The predicted molar refractivity (Wildman–Crippen MR) is 86.2 cm³/mol. The van der Waals surface area contributed by atoms with E-state index < -0.39 is 0 Å². The van der Waals surface area contributed by atoms with Crippen molar-refractivity contribution in [1.82, 2.24) is 0 Å². The van der Waals surface area contributed by atoms with Crippen LogP contribution < -0.4 is 0 Å². The lowest BCUT2D eigenvalue weighted by Gasteiger charge is -2.15. The molecule has 3 rings (SSSR count). The third-order valence-electron chi connectivity index (χ3n) is 4.28. The van der Waals surface area contributed by atoms with Gasteiger partial charge in [-0.25, -0.2) is 4.39 Å². The summed E-state index contributed by atoms with van der Waals surface area (Å²) in [5.41, 5.74) is 4.91. The zero-order chi connectivity index (χ0) is 15.7. The van der Waals surface area contributed by atoms with E-state index in [9.17, 15) is 14.6 Å². The molecule has 0 saturated heterocycles.